The van der Waals surface area contributed by atoms with Gasteiger partial charge in [0.2, 0.25) is 0 Å². The largest absolute Gasteiger partial charge is 0.476 e. The van der Waals surface area contributed by atoms with Crippen LogP contribution in [0.3, 0.4) is 0 Å². The van der Waals surface area contributed by atoms with Crippen LogP contribution in [0.15, 0.2) is 45.9 Å². The molecule has 0 aliphatic rings. The highest BCUT2D eigenvalue weighted by Crippen LogP contribution is 2.24. The molecule has 2 aromatic rings. The van der Waals surface area contributed by atoms with Crippen molar-refractivity contribution < 1.29 is 14.7 Å². The van der Waals surface area contributed by atoms with Crippen LogP contribution in [0.1, 0.15) is 11.1 Å². The van der Waals surface area contributed by atoms with E-state index in [0.717, 1.165) is 11.3 Å². The summed E-state index contributed by atoms with van der Waals surface area (Å²) in [6, 6.07) is 9.64. The Morgan fingerprint density at radius 3 is 2.57 bits per heavy atom. The van der Waals surface area contributed by atoms with E-state index in [1.165, 1.54) is 18.4 Å². The number of rotatable bonds is 6. The van der Waals surface area contributed by atoms with E-state index in [1.54, 1.807) is 17.7 Å². The first-order valence-electron chi connectivity index (χ1n) is 6.76. The summed E-state index contributed by atoms with van der Waals surface area (Å²) in [5.41, 5.74) is 2.41. The molecular weight excluding hydrogens is 314 g/mol. The summed E-state index contributed by atoms with van der Waals surface area (Å²) >= 11 is 1.34. The SMILES string of the molecule is CO/N=C(\C(=O)O)c1csc(N=Cc2ccc(N(C)C)cc2)c1. The monoisotopic (exact) mass is 331 g/mol. The van der Waals surface area contributed by atoms with Crippen LogP contribution in [-0.4, -0.2) is 44.2 Å². The van der Waals surface area contributed by atoms with Gasteiger partial charge in [-0.05, 0) is 23.8 Å². The molecule has 0 amide bonds. The topological polar surface area (TPSA) is 74.5 Å². The van der Waals surface area contributed by atoms with E-state index >= 15 is 0 Å². The number of nitrogens with zero attached hydrogens (tertiary/aromatic N) is 3. The zero-order valence-electron chi connectivity index (χ0n) is 13.1. The zero-order valence-corrected chi connectivity index (χ0v) is 13.9. The van der Waals surface area contributed by atoms with Crippen molar-refractivity contribution in [3.63, 3.8) is 0 Å². The van der Waals surface area contributed by atoms with E-state index in [0.29, 0.717) is 10.6 Å². The molecule has 23 heavy (non-hydrogen) atoms. The van der Waals surface area contributed by atoms with Gasteiger partial charge >= 0.3 is 5.97 Å². The van der Waals surface area contributed by atoms with Gasteiger partial charge in [-0.2, -0.15) is 0 Å². The lowest BCUT2D eigenvalue weighted by molar-refractivity contribution is -0.129. The minimum atomic E-state index is -1.14. The van der Waals surface area contributed by atoms with E-state index in [1.807, 2.05) is 43.3 Å². The molecule has 0 saturated carbocycles. The van der Waals surface area contributed by atoms with Gasteiger partial charge in [-0.15, -0.1) is 11.3 Å². The standard InChI is InChI=1S/C16H17N3O3S/c1-19(2)13-6-4-11(5-7-13)9-17-14-8-12(10-23-14)15(16(20)21)18-22-3/h4-10H,1-3H3,(H,20,21)/b17-9?,18-15-. The Hall–Kier alpha value is -2.67. The maximum Gasteiger partial charge on any atom is 0.358 e. The minimum absolute atomic E-state index is 0.138. The van der Waals surface area contributed by atoms with Gasteiger partial charge in [0.25, 0.3) is 0 Å². The molecule has 1 N–H and O–H groups in total. The number of carbonyl (C=O) groups is 1. The molecule has 6 nitrogen and oxygen atoms in total. The fourth-order valence-corrected chi connectivity index (χ4v) is 2.56. The van der Waals surface area contributed by atoms with E-state index < -0.39 is 5.97 Å². The van der Waals surface area contributed by atoms with E-state index in [9.17, 15) is 4.79 Å². The highest BCUT2D eigenvalue weighted by molar-refractivity contribution is 7.14. The summed E-state index contributed by atoms with van der Waals surface area (Å²) in [4.78, 5) is 22.1. The molecule has 2 rings (SSSR count). The first-order valence-corrected chi connectivity index (χ1v) is 7.64. The average molecular weight is 331 g/mol. The molecule has 120 valence electrons. The Kier molecular flexibility index (Phi) is 5.48. The third kappa shape index (κ3) is 4.40. The van der Waals surface area contributed by atoms with Crippen molar-refractivity contribution in [2.24, 2.45) is 10.1 Å². The van der Waals surface area contributed by atoms with Crippen molar-refractivity contribution in [1.29, 1.82) is 0 Å². The van der Waals surface area contributed by atoms with Crippen molar-refractivity contribution in [3.05, 3.63) is 46.8 Å². The maximum atomic E-state index is 11.1. The summed E-state index contributed by atoms with van der Waals surface area (Å²) in [5, 5.41) is 15.0. The molecule has 1 heterocycles. The molecule has 1 aromatic carbocycles. The van der Waals surface area contributed by atoms with Crippen molar-refractivity contribution in [1.82, 2.24) is 0 Å². The van der Waals surface area contributed by atoms with Crippen LogP contribution in [0.4, 0.5) is 10.7 Å². The average Bonchev–Trinajstić information content (AvgIpc) is 2.99. The number of anilines is 1. The third-order valence-corrected chi connectivity index (χ3v) is 3.83. The molecule has 0 spiro atoms. The molecule has 0 atom stereocenters. The number of carboxylic acid groups (broad SMARTS) is 1. The summed E-state index contributed by atoms with van der Waals surface area (Å²) in [6.07, 6.45) is 1.74. The molecule has 0 saturated heterocycles. The fourth-order valence-electron chi connectivity index (χ4n) is 1.82. The highest BCUT2D eigenvalue weighted by atomic mass is 32.1. The molecule has 0 radical (unpaired) electrons. The molecule has 0 fully saturated rings. The Balaban J connectivity index is 2.15. The van der Waals surface area contributed by atoms with E-state index in [4.69, 9.17) is 5.11 Å². The van der Waals surface area contributed by atoms with Gasteiger partial charge < -0.3 is 14.8 Å². The van der Waals surface area contributed by atoms with Crippen molar-refractivity contribution in [2.45, 2.75) is 0 Å². The normalized spacial score (nSPS) is 11.7. The second-order valence-corrected chi connectivity index (χ2v) is 5.74. The lowest BCUT2D eigenvalue weighted by atomic mass is 10.2. The Morgan fingerprint density at radius 2 is 2.00 bits per heavy atom. The number of carboxylic acids is 1. The second-order valence-electron chi connectivity index (χ2n) is 4.85. The van der Waals surface area contributed by atoms with E-state index in [-0.39, 0.29) is 5.71 Å². The maximum absolute atomic E-state index is 11.1. The Bertz CT molecular complexity index is 733. The number of hydrogen-bond donors (Lipinski definition) is 1. The quantitative estimate of drug-likeness (QED) is 0.652. The smallest absolute Gasteiger partial charge is 0.358 e. The van der Waals surface area contributed by atoms with Gasteiger partial charge in [-0.3, -0.25) is 0 Å². The number of benzene rings is 1. The van der Waals surface area contributed by atoms with Crippen molar-refractivity contribution in [2.75, 3.05) is 26.1 Å². The van der Waals surface area contributed by atoms with Crippen LogP contribution in [0, 0.1) is 0 Å². The van der Waals surface area contributed by atoms with Gasteiger partial charge in [-0.25, -0.2) is 9.79 Å². The number of aliphatic imine (C=N–C) groups is 1. The fraction of sp³-hybridized carbons (Fsp3) is 0.188. The predicted molar refractivity (Wildman–Crippen MR) is 93.5 cm³/mol. The molecular formula is C16H17N3O3S. The molecule has 0 bridgehead atoms. The number of hydrogen-bond acceptors (Lipinski definition) is 6. The van der Waals surface area contributed by atoms with Crippen LogP contribution in [0.25, 0.3) is 0 Å². The van der Waals surface area contributed by atoms with E-state index in [2.05, 4.69) is 15.0 Å². The minimum Gasteiger partial charge on any atom is -0.476 e. The Morgan fingerprint density at radius 1 is 1.30 bits per heavy atom. The molecule has 0 unspecified atom stereocenters. The van der Waals surface area contributed by atoms with Crippen LogP contribution in [0.2, 0.25) is 0 Å². The molecule has 1 aromatic heterocycles. The summed E-state index contributed by atoms with van der Waals surface area (Å²) in [5.74, 6) is -1.14. The summed E-state index contributed by atoms with van der Waals surface area (Å²) in [7, 11) is 5.28. The number of oxime groups is 1. The summed E-state index contributed by atoms with van der Waals surface area (Å²) < 4.78 is 0. The third-order valence-electron chi connectivity index (χ3n) is 2.99. The van der Waals surface area contributed by atoms with Gasteiger partial charge in [0.15, 0.2) is 5.71 Å². The first-order chi connectivity index (χ1) is 11.0. The molecule has 0 aliphatic carbocycles. The number of aliphatic carboxylic acids is 1. The van der Waals surface area contributed by atoms with Gasteiger partial charge in [0.05, 0.1) is 0 Å². The van der Waals surface area contributed by atoms with Crippen molar-refractivity contribution in [3.8, 4) is 0 Å². The van der Waals surface area contributed by atoms with Crippen LogP contribution < -0.4 is 4.90 Å². The number of thiophene rings is 1. The zero-order chi connectivity index (χ0) is 16.8. The van der Waals surface area contributed by atoms with Crippen molar-refractivity contribution >= 4 is 39.9 Å². The Labute approximate surface area is 138 Å². The lowest BCUT2D eigenvalue weighted by Crippen LogP contribution is -2.13. The van der Waals surface area contributed by atoms with Crippen LogP contribution in [0.5, 0.6) is 0 Å². The summed E-state index contributed by atoms with van der Waals surface area (Å²) in [6.45, 7) is 0. The van der Waals surface area contributed by atoms with Gasteiger partial charge in [-0.1, -0.05) is 17.3 Å². The highest BCUT2D eigenvalue weighted by Gasteiger charge is 2.15. The van der Waals surface area contributed by atoms with Crippen LogP contribution in [-0.2, 0) is 9.63 Å². The lowest BCUT2D eigenvalue weighted by Gasteiger charge is -2.11. The molecule has 0 aliphatic heterocycles. The predicted octanol–water partition coefficient (Wildman–Crippen LogP) is 3.00. The van der Waals surface area contributed by atoms with Crippen LogP contribution >= 0.6 is 11.3 Å². The van der Waals surface area contributed by atoms with Gasteiger partial charge in [0, 0.05) is 36.9 Å². The van der Waals surface area contributed by atoms with Gasteiger partial charge in [0.1, 0.15) is 12.1 Å². The second kappa shape index (κ2) is 7.55. The first kappa shape index (κ1) is 16.7. The molecule has 7 heteroatoms.